The Kier molecular flexibility index (Phi) is 27.4. The number of rotatable bonds is 22. The van der Waals surface area contributed by atoms with Gasteiger partial charge in [0.25, 0.3) is 0 Å². The van der Waals surface area contributed by atoms with E-state index < -0.39 is 0 Å². The summed E-state index contributed by atoms with van der Waals surface area (Å²) < 4.78 is 0. The minimum absolute atomic E-state index is 0.304. The Balaban J connectivity index is 3.30. The number of carbonyl (C=O) groups excluding carboxylic acids is 1. The fourth-order valence-electron chi connectivity index (χ4n) is 3.66. The van der Waals surface area contributed by atoms with Gasteiger partial charge < -0.3 is 0 Å². The zero-order chi connectivity index (χ0) is 24.8. The van der Waals surface area contributed by atoms with Crippen molar-refractivity contribution in [3.63, 3.8) is 0 Å². The first-order valence-electron chi connectivity index (χ1n) is 14.1. The van der Waals surface area contributed by atoms with Gasteiger partial charge in [0.05, 0.1) is 4.79 Å². The van der Waals surface area contributed by atoms with Crippen molar-refractivity contribution in [2.24, 2.45) is 0 Å². The third-order valence-corrected chi connectivity index (χ3v) is 5.75. The van der Waals surface area contributed by atoms with Crippen molar-refractivity contribution in [1.82, 2.24) is 0 Å². The SMILES string of the molecule is C/C=C/C=C/C(=[O+])O[NH2+]CCCCCCCCCC#CC#CCCCCCCCCCCCC. The van der Waals surface area contributed by atoms with Gasteiger partial charge in [0.1, 0.15) is 12.6 Å². The summed E-state index contributed by atoms with van der Waals surface area (Å²) in [6, 6.07) is 0. The van der Waals surface area contributed by atoms with Crippen molar-refractivity contribution in [3.8, 4) is 23.7 Å². The fraction of sp³-hybridized carbons (Fsp3) is 0.710. The van der Waals surface area contributed by atoms with Crippen molar-refractivity contribution in [3.05, 3.63) is 24.3 Å². The van der Waals surface area contributed by atoms with Crippen molar-refractivity contribution in [1.29, 1.82) is 0 Å². The summed E-state index contributed by atoms with van der Waals surface area (Å²) in [5.74, 6) is 12.1. The lowest BCUT2D eigenvalue weighted by atomic mass is 10.1. The first kappa shape index (κ1) is 32.0. The van der Waals surface area contributed by atoms with E-state index in [2.05, 4.69) is 30.6 Å². The molecule has 0 aliphatic rings. The zero-order valence-electron chi connectivity index (χ0n) is 22.3. The van der Waals surface area contributed by atoms with E-state index in [1.807, 2.05) is 19.1 Å². The van der Waals surface area contributed by atoms with E-state index in [0.29, 0.717) is 0 Å². The Morgan fingerprint density at radius 3 is 1.65 bits per heavy atom. The van der Waals surface area contributed by atoms with E-state index in [9.17, 15) is 4.79 Å². The van der Waals surface area contributed by atoms with Crippen LogP contribution in [0.15, 0.2) is 24.3 Å². The van der Waals surface area contributed by atoms with Crippen LogP contribution in [-0.2, 0) is 9.63 Å². The normalized spacial score (nSPS) is 10.8. The van der Waals surface area contributed by atoms with Crippen molar-refractivity contribution in [2.75, 3.05) is 6.54 Å². The molecule has 2 N–H and O–H groups in total. The van der Waals surface area contributed by atoms with Crippen LogP contribution in [0.4, 0.5) is 0 Å². The van der Waals surface area contributed by atoms with Crippen LogP contribution in [0.2, 0.25) is 0 Å². The second kappa shape index (κ2) is 29.1. The number of nitrogens with two attached hydrogens (primary N) is 1. The van der Waals surface area contributed by atoms with Crippen molar-refractivity contribution in [2.45, 2.75) is 136 Å². The lowest BCUT2D eigenvalue weighted by Crippen LogP contribution is -2.83. The number of hydrogen-bond donors (Lipinski definition) is 1. The lowest BCUT2D eigenvalue weighted by molar-refractivity contribution is -0.871. The molecule has 0 saturated carbocycles. The maximum absolute atomic E-state index is 11.4. The lowest BCUT2D eigenvalue weighted by Gasteiger charge is -2.00. The predicted molar refractivity (Wildman–Crippen MR) is 146 cm³/mol. The van der Waals surface area contributed by atoms with Gasteiger partial charge in [-0.3, -0.25) is 0 Å². The average molecular weight is 471 g/mol. The number of hydroxylamine groups is 1. The van der Waals surface area contributed by atoms with Gasteiger partial charge in [0.2, 0.25) is 0 Å². The van der Waals surface area contributed by atoms with E-state index in [1.54, 1.807) is 11.6 Å². The van der Waals surface area contributed by atoms with Crippen LogP contribution in [0, 0.1) is 23.7 Å². The van der Waals surface area contributed by atoms with Crippen LogP contribution in [0.5, 0.6) is 0 Å². The molecule has 0 aromatic rings. The van der Waals surface area contributed by atoms with E-state index in [-0.39, 0.29) is 5.97 Å². The van der Waals surface area contributed by atoms with Crippen molar-refractivity contribution < 1.29 is 15.1 Å². The molecule has 3 heteroatoms. The van der Waals surface area contributed by atoms with Gasteiger partial charge in [-0.05, 0) is 44.1 Å². The topological polar surface area (TPSA) is 45.7 Å². The summed E-state index contributed by atoms with van der Waals surface area (Å²) in [6.07, 6.45) is 31.0. The molecule has 0 aromatic heterocycles. The Labute approximate surface area is 211 Å². The molecule has 0 saturated heterocycles. The molecule has 0 aromatic carbocycles. The molecule has 0 unspecified atom stereocenters. The van der Waals surface area contributed by atoms with Gasteiger partial charge in [-0.25, -0.2) is 0 Å². The first-order chi connectivity index (χ1) is 16.8. The molecule has 0 atom stereocenters. The summed E-state index contributed by atoms with van der Waals surface area (Å²) in [5.41, 5.74) is 1.63. The van der Waals surface area contributed by atoms with Gasteiger partial charge in [-0.1, -0.05) is 125 Å². The zero-order valence-corrected chi connectivity index (χ0v) is 22.3. The molecule has 191 valence electrons. The first-order valence-corrected chi connectivity index (χ1v) is 14.1. The number of allylic oxidation sites excluding steroid dienone is 3. The Morgan fingerprint density at radius 1 is 0.676 bits per heavy atom. The quantitative estimate of drug-likeness (QED) is 0.0442. The highest BCUT2D eigenvalue weighted by Crippen LogP contribution is 2.11. The van der Waals surface area contributed by atoms with Crippen LogP contribution in [-0.4, -0.2) is 12.5 Å². The molecule has 0 heterocycles. The molecular weight excluding hydrogens is 418 g/mol. The highest BCUT2D eigenvalue weighted by molar-refractivity contribution is 5.81. The van der Waals surface area contributed by atoms with Crippen molar-refractivity contribution >= 4 is 5.97 Å². The van der Waals surface area contributed by atoms with Gasteiger partial charge >= 0.3 is 5.97 Å². The molecule has 0 amide bonds. The molecule has 0 fully saturated rings. The monoisotopic (exact) mass is 470 g/mol. The maximum Gasteiger partial charge on any atom is 0.662 e. The van der Waals surface area contributed by atoms with Crippen LogP contribution in [0.25, 0.3) is 0 Å². The number of hydrogen-bond acceptors (Lipinski definition) is 2. The maximum atomic E-state index is 11.4. The van der Waals surface area contributed by atoms with Gasteiger partial charge in [0, 0.05) is 19.3 Å². The molecule has 0 spiro atoms. The van der Waals surface area contributed by atoms with E-state index in [4.69, 9.17) is 4.84 Å². The summed E-state index contributed by atoms with van der Waals surface area (Å²) in [6.45, 7) is 5.02. The largest absolute Gasteiger partial charge is 0.662 e. The molecular formula is C31H52NO2+2. The van der Waals surface area contributed by atoms with Gasteiger partial charge in [-0.2, -0.15) is 0 Å². The van der Waals surface area contributed by atoms with E-state index in [1.165, 1.54) is 109 Å². The molecule has 0 rings (SSSR count). The van der Waals surface area contributed by atoms with Gasteiger partial charge in [-0.15, -0.1) is 0 Å². The van der Waals surface area contributed by atoms with Crippen LogP contribution in [0.3, 0.4) is 0 Å². The summed E-state index contributed by atoms with van der Waals surface area (Å²) >= 11 is 0. The Morgan fingerprint density at radius 2 is 1.15 bits per heavy atom. The molecule has 0 bridgehead atoms. The highest BCUT2D eigenvalue weighted by Gasteiger charge is 2.14. The second-order valence-corrected chi connectivity index (χ2v) is 9.04. The molecule has 34 heavy (non-hydrogen) atoms. The van der Waals surface area contributed by atoms with E-state index >= 15 is 0 Å². The third kappa shape index (κ3) is 28.1. The minimum Gasteiger partial charge on any atom is -0.0891 e. The standard InChI is InChI=1S/C31H51NO2/c1-3-5-7-8-9-10-11-12-13-14-15-16-17-18-19-20-21-22-23-24-25-26-28-30-32-34-31(33)29-27-6-4-2/h4,6,27,29,32H,3,5,7-15,20-26,28,30H2,1-2H3/q+1/p+1/b6-4+,29-27+. The third-order valence-electron chi connectivity index (χ3n) is 5.75. The van der Waals surface area contributed by atoms with Gasteiger partial charge in [0.15, 0.2) is 0 Å². The molecule has 1 radical (unpaired) electrons. The predicted octanol–water partition coefficient (Wildman–Crippen LogP) is 7.58. The Bertz CT molecular complexity index is 627. The fourth-order valence-corrected chi connectivity index (χ4v) is 3.66. The summed E-state index contributed by atoms with van der Waals surface area (Å²) in [5, 5.41) is 0. The van der Waals surface area contributed by atoms with Crippen LogP contribution < -0.4 is 5.48 Å². The van der Waals surface area contributed by atoms with Crippen LogP contribution in [0.1, 0.15) is 136 Å². The average Bonchev–Trinajstić information content (AvgIpc) is 2.84. The highest BCUT2D eigenvalue weighted by atomic mass is 16.7. The second-order valence-electron chi connectivity index (χ2n) is 9.04. The summed E-state index contributed by atoms with van der Waals surface area (Å²) in [7, 11) is 0. The van der Waals surface area contributed by atoms with E-state index in [0.717, 1.165) is 25.8 Å². The molecule has 0 aliphatic carbocycles. The molecule has 3 nitrogen and oxygen atoms in total. The summed E-state index contributed by atoms with van der Waals surface area (Å²) in [4.78, 5) is 16.4. The minimum atomic E-state index is -0.304. The number of carbonyl (C=O) groups is 1. The molecule has 0 aliphatic heterocycles. The number of unbranched alkanes of at least 4 members (excludes halogenated alkanes) is 17. The Hall–Kier alpha value is -1.97. The van der Waals surface area contributed by atoms with Crippen LogP contribution >= 0.6 is 0 Å². The smallest absolute Gasteiger partial charge is 0.0891 e. The number of quaternary nitrogens is 1.